The van der Waals surface area contributed by atoms with Crippen molar-refractivity contribution in [2.75, 3.05) is 31.7 Å². The Labute approximate surface area is 204 Å². The van der Waals surface area contributed by atoms with Crippen molar-refractivity contribution in [2.45, 2.75) is 26.1 Å². The van der Waals surface area contributed by atoms with E-state index in [1.165, 1.54) is 6.07 Å². The molecular formula is C24H22F3N7O2. The molecule has 4 aromatic rings. The van der Waals surface area contributed by atoms with Crippen LogP contribution in [0.1, 0.15) is 28.7 Å². The van der Waals surface area contributed by atoms with Gasteiger partial charge in [0.25, 0.3) is 0 Å². The predicted octanol–water partition coefficient (Wildman–Crippen LogP) is 4.10. The SMILES string of the molecule is COc1cc([C@@H]2CN(c3nc(-c4ccc(C(F)(F)F)nc4)c4nc(C)c(C)nc4n3)CCO2)ccn1. The lowest BCUT2D eigenvalue weighted by atomic mass is 10.1. The fourth-order valence-electron chi connectivity index (χ4n) is 3.91. The fourth-order valence-corrected chi connectivity index (χ4v) is 3.91. The fraction of sp³-hybridized carbons (Fsp3) is 0.333. The summed E-state index contributed by atoms with van der Waals surface area (Å²) in [5.74, 6) is 0.859. The van der Waals surface area contributed by atoms with Crippen molar-refractivity contribution in [1.29, 1.82) is 0 Å². The molecule has 186 valence electrons. The molecule has 0 aromatic carbocycles. The molecule has 1 atom stereocenters. The highest BCUT2D eigenvalue weighted by molar-refractivity contribution is 5.87. The maximum Gasteiger partial charge on any atom is 0.433 e. The minimum Gasteiger partial charge on any atom is -0.481 e. The number of hydrogen-bond acceptors (Lipinski definition) is 9. The number of hydrogen-bond donors (Lipinski definition) is 0. The molecule has 5 heterocycles. The average Bonchev–Trinajstić information content (AvgIpc) is 2.88. The Morgan fingerprint density at radius 2 is 1.83 bits per heavy atom. The topological polar surface area (TPSA) is 99.0 Å². The van der Waals surface area contributed by atoms with Gasteiger partial charge >= 0.3 is 6.18 Å². The summed E-state index contributed by atoms with van der Waals surface area (Å²) in [5.41, 5.74) is 2.79. The summed E-state index contributed by atoms with van der Waals surface area (Å²) >= 11 is 0. The zero-order valence-electron chi connectivity index (χ0n) is 19.7. The molecule has 0 radical (unpaired) electrons. The maximum absolute atomic E-state index is 13.1. The third-order valence-electron chi connectivity index (χ3n) is 5.95. The van der Waals surface area contributed by atoms with E-state index in [1.54, 1.807) is 20.2 Å². The number of morpholine rings is 1. The molecule has 0 amide bonds. The lowest BCUT2D eigenvalue weighted by Gasteiger charge is -2.33. The van der Waals surface area contributed by atoms with Crippen molar-refractivity contribution in [3.8, 4) is 17.1 Å². The molecule has 0 unspecified atom stereocenters. The van der Waals surface area contributed by atoms with E-state index in [0.717, 1.165) is 17.8 Å². The van der Waals surface area contributed by atoms with Crippen molar-refractivity contribution in [3.63, 3.8) is 0 Å². The van der Waals surface area contributed by atoms with Crippen LogP contribution in [0.15, 0.2) is 36.7 Å². The Hall–Kier alpha value is -3.93. The number of aryl methyl sites for hydroxylation is 2. The molecule has 36 heavy (non-hydrogen) atoms. The number of nitrogens with zero attached hydrogens (tertiary/aromatic N) is 7. The molecule has 1 aliphatic heterocycles. The Balaban J connectivity index is 1.56. The molecule has 0 saturated carbocycles. The minimum absolute atomic E-state index is 0.281. The van der Waals surface area contributed by atoms with Gasteiger partial charge in [-0.15, -0.1) is 0 Å². The van der Waals surface area contributed by atoms with Crippen LogP contribution in [0.3, 0.4) is 0 Å². The molecule has 1 saturated heterocycles. The molecule has 0 aliphatic carbocycles. The standard InChI is InChI=1S/C24H22F3N7O2/c1-13-14(2)31-22-21(30-13)20(16-4-5-18(29-11-16)24(25,26)27)32-23(33-22)34-8-9-36-17(12-34)15-6-7-28-19(10-15)35-3/h4-7,10-11,17H,8-9,12H2,1-3H3/t17-/m0/s1. The number of pyridine rings is 2. The second-order valence-corrected chi connectivity index (χ2v) is 8.31. The number of halogens is 3. The van der Waals surface area contributed by atoms with Crippen LogP contribution in [0.5, 0.6) is 5.88 Å². The van der Waals surface area contributed by atoms with E-state index in [1.807, 2.05) is 24.0 Å². The van der Waals surface area contributed by atoms with E-state index >= 15 is 0 Å². The quantitative estimate of drug-likeness (QED) is 0.413. The first kappa shape index (κ1) is 23.8. The number of methoxy groups -OCH3 is 1. The summed E-state index contributed by atoms with van der Waals surface area (Å²) < 4.78 is 50.4. The molecule has 0 N–H and O–H groups in total. The van der Waals surface area contributed by atoms with E-state index in [9.17, 15) is 13.2 Å². The number of rotatable bonds is 4. The van der Waals surface area contributed by atoms with Crippen molar-refractivity contribution in [1.82, 2.24) is 29.9 Å². The van der Waals surface area contributed by atoms with E-state index in [0.29, 0.717) is 65.3 Å². The summed E-state index contributed by atoms with van der Waals surface area (Å²) in [5, 5.41) is 0. The van der Waals surface area contributed by atoms with Gasteiger partial charge in [-0.25, -0.2) is 19.9 Å². The summed E-state index contributed by atoms with van der Waals surface area (Å²) in [7, 11) is 1.55. The van der Waals surface area contributed by atoms with Crippen molar-refractivity contribution in [3.05, 3.63) is 59.3 Å². The van der Waals surface area contributed by atoms with Gasteiger partial charge in [-0.05, 0) is 37.6 Å². The van der Waals surface area contributed by atoms with Gasteiger partial charge in [0.1, 0.15) is 23.0 Å². The van der Waals surface area contributed by atoms with E-state index in [-0.39, 0.29) is 6.10 Å². The van der Waals surface area contributed by atoms with Crippen LogP contribution in [0.4, 0.5) is 19.1 Å². The second kappa shape index (κ2) is 9.26. The maximum atomic E-state index is 13.1. The Kier molecular flexibility index (Phi) is 6.12. The van der Waals surface area contributed by atoms with Crippen molar-refractivity contribution < 1.29 is 22.6 Å². The van der Waals surface area contributed by atoms with Crippen LogP contribution in [-0.2, 0) is 10.9 Å². The average molecular weight is 497 g/mol. The molecule has 12 heteroatoms. The normalized spacial score (nSPS) is 16.4. The first-order valence-corrected chi connectivity index (χ1v) is 11.2. The lowest BCUT2D eigenvalue weighted by Crippen LogP contribution is -2.39. The largest absolute Gasteiger partial charge is 0.481 e. The molecule has 4 aromatic heterocycles. The second-order valence-electron chi connectivity index (χ2n) is 8.31. The predicted molar refractivity (Wildman–Crippen MR) is 125 cm³/mol. The lowest BCUT2D eigenvalue weighted by molar-refractivity contribution is -0.141. The molecule has 1 fully saturated rings. The third-order valence-corrected chi connectivity index (χ3v) is 5.95. The first-order valence-electron chi connectivity index (χ1n) is 11.2. The van der Waals surface area contributed by atoms with E-state index < -0.39 is 11.9 Å². The van der Waals surface area contributed by atoms with Crippen LogP contribution >= 0.6 is 0 Å². The van der Waals surface area contributed by atoms with Crippen molar-refractivity contribution in [2.24, 2.45) is 0 Å². The number of ether oxygens (including phenoxy) is 2. The number of fused-ring (bicyclic) bond motifs is 1. The Morgan fingerprint density at radius 3 is 2.56 bits per heavy atom. The Bertz CT molecular complexity index is 1410. The van der Waals surface area contributed by atoms with Crippen molar-refractivity contribution >= 4 is 17.1 Å². The van der Waals surface area contributed by atoms with Crippen LogP contribution in [0.25, 0.3) is 22.4 Å². The first-order chi connectivity index (χ1) is 17.2. The number of anilines is 1. The van der Waals surface area contributed by atoms with Crippen LogP contribution < -0.4 is 9.64 Å². The number of aromatic nitrogens is 6. The minimum atomic E-state index is -4.54. The van der Waals surface area contributed by atoms with E-state index in [4.69, 9.17) is 14.5 Å². The van der Waals surface area contributed by atoms with Gasteiger partial charge in [0.05, 0.1) is 31.6 Å². The highest BCUT2D eigenvalue weighted by Gasteiger charge is 2.32. The van der Waals surface area contributed by atoms with Gasteiger partial charge < -0.3 is 14.4 Å². The third kappa shape index (κ3) is 4.63. The van der Waals surface area contributed by atoms with Gasteiger partial charge in [0, 0.05) is 30.6 Å². The van der Waals surface area contributed by atoms with E-state index in [2.05, 4.69) is 24.9 Å². The summed E-state index contributed by atoms with van der Waals surface area (Å²) in [6.07, 6.45) is -2.02. The molecule has 0 bridgehead atoms. The highest BCUT2D eigenvalue weighted by atomic mass is 19.4. The van der Waals surface area contributed by atoms with Crippen LogP contribution in [0.2, 0.25) is 0 Å². The summed E-state index contributed by atoms with van der Waals surface area (Å²) in [6, 6.07) is 5.93. The van der Waals surface area contributed by atoms with Crippen LogP contribution in [0, 0.1) is 13.8 Å². The van der Waals surface area contributed by atoms with Gasteiger partial charge in [-0.2, -0.15) is 18.2 Å². The smallest absolute Gasteiger partial charge is 0.433 e. The number of alkyl halides is 3. The molecule has 9 nitrogen and oxygen atoms in total. The zero-order chi connectivity index (χ0) is 25.4. The monoisotopic (exact) mass is 497 g/mol. The van der Waals surface area contributed by atoms with Gasteiger partial charge in [-0.3, -0.25) is 4.98 Å². The van der Waals surface area contributed by atoms with Crippen LogP contribution in [-0.4, -0.2) is 56.7 Å². The van der Waals surface area contributed by atoms with Gasteiger partial charge in [-0.1, -0.05) is 0 Å². The zero-order valence-corrected chi connectivity index (χ0v) is 19.7. The summed E-state index contributed by atoms with van der Waals surface area (Å²) in [4.78, 5) is 28.2. The molecule has 0 spiro atoms. The molecule has 5 rings (SSSR count). The molecular weight excluding hydrogens is 475 g/mol. The van der Waals surface area contributed by atoms with Gasteiger partial charge in [0.2, 0.25) is 11.8 Å². The molecule has 1 aliphatic rings. The highest BCUT2D eigenvalue weighted by Crippen LogP contribution is 2.32. The summed E-state index contributed by atoms with van der Waals surface area (Å²) in [6.45, 7) is 5.02. The van der Waals surface area contributed by atoms with Gasteiger partial charge in [0.15, 0.2) is 5.65 Å². The Morgan fingerprint density at radius 1 is 1.03 bits per heavy atom.